The summed E-state index contributed by atoms with van der Waals surface area (Å²) < 4.78 is 24.5. The Morgan fingerprint density at radius 1 is 1.24 bits per heavy atom. The highest BCUT2D eigenvalue weighted by atomic mass is 32.2. The highest BCUT2D eigenvalue weighted by Gasteiger charge is 2.35. The van der Waals surface area contributed by atoms with Crippen LogP contribution in [0.25, 0.3) is 22.1 Å². The summed E-state index contributed by atoms with van der Waals surface area (Å²) in [5.41, 5.74) is 2.89. The van der Waals surface area contributed by atoms with Crippen LogP contribution in [0, 0.1) is 17.2 Å². The second-order valence-corrected chi connectivity index (χ2v) is 9.26. The molecule has 1 N–H and O–H groups in total. The summed E-state index contributed by atoms with van der Waals surface area (Å²) in [4.78, 5) is 14.6. The van der Waals surface area contributed by atoms with E-state index in [0.717, 1.165) is 66.7 Å². The van der Waals surface area contributed by atoms with Gasteiger partial charge in [-0.05, 0) is 37.7 Å². The molecule has 9 heteroatoms. The summed E-state index contributed by atoms with van der Waals surface area (Å²) in [5, 5.41) is 10.1. The number of H-pyrrole nitrogens is 1. The first kappa shape index (κ1) is 18.6. The van der Waals surface area contributed by atoms with E-state index in [1.165, 1.54) is 0 Å². The van der Waals surface area contributed by atoms with Gasteiger partial charge in [-0.3, -0.25) is 4.90 Å². The van der Waals surface area contributed by atoms with E-state index < -0.39 is 10.7 Å². The van der Waals surface area contributed by atoms with Gasteiger partial charge in [0.2, 0.25) is 0 Å². The fourth-order valence-corrected chi connectivity index (χ4v) is 5.57. The summed E-state index contributed by atoms with van der Waals surface area (Å²) in [7, 11) is -2.39. The fourth-order valence-electron chi connectivity index (χ4n) is 5.02. The van der Waals surface area contributed by atoms with Gasteiger partial charge in [-0.25, -0.2) is 18.4 Å². The first-order chi connectivity index (χ1) is 14.1. The van der Waals surface area contributed by atoms with Crippen LogP contribution < -0.4 is 0 Å². The largest absolute Gasteiger partial charge is 0.346 e. The molecule has 3 aromatic rings. The quantitative estimate of drug-likeness (QED) is 0.624. The lowest BCUT2D eigenvalue weighted by Gasteiger charge is -2.39. The molecule has 2 fully saturated rings. The molecule has 5 rings (SSSR count). The maximum atomic E-state index is 11.0. The van der Waals surface area contributed by atoms with Crippen molar-refractivity contribution in [2.24, 2.45) is 5.92 Å². The standard InChI is InChI=1S/C20H24N6O2S/c21-7-5-13-1-3-15(4-2-13)26-18-16-6-8-22-19(16)23-9-17(18)24-20(26)14-10-25(11-14)12-29(27)28/h6,8-9,13-15,29H,1-5,10-12H2,(H,22,23)/t13-,15-. The topological polar surface area (TPSA) is 108 Å². The molecule has 0 bridgehead atoms. The van der Waals surface area contributed by atoms with E-state index in [-0.39, 0.29) is 11.8 Å². The Kier molecular flexibility index (Phi) is 4.76. The van der Waals surface area contributed by atoms with Crippen molar-refractivity contribution in [3.63, 3.8) is 0 Å². The SMILES string of the molecule is N#CC[C@H]1CC[C@H](n2c(C3CN(C[SH](=O)=O)C3)nc3cnc4[nH]ccc4c32)CC1. The fraction of sp³-hybridized carbons (Fsp3) is 0.550. The van der Waals surface area contributed by atoms with E-state index in [1.807, 2.05) is 17.3 Å². The summed E-state index contributed by atoms with van der Waals surface area (Å²) in [5.74, 6) is 1.91. The third kappa shape index (κ3) is 3.30. The van der Waals surface area contributed by atoms with Crippen molar-refractivity contribution in [1.82, 2.24) is 24.4 Å². The predicted molar refractivity (Wildman–Crippen MR) is 110 cm³/mol. The van der Waals surface area contributed by atoms with E-state index in [4.69, 9.17) is 10.2 Å². The zero-order chi connectivity index (χ0) is 20.0. The number of imidazole rings is 1. The van der Waals surface area contributed by atoms with Gasteiger partial charge in [0.05, 0.1) is 23.7 Å². The molecule has 0 radical (unpaired) electrons. The number of thiol groups is 1. The molecule has 1 aliphatic carbocycles. The van der Waals surface area contributed by atoms with Gasteiger partial charge in [-0.15, -0.1) is 0 Å². The van der Waals surface area contributed by atoms with Gasteiger partial charge >= 0.3 is 0 Å². The molecule has 29 heavy (non-hydrogen) atoms. The van der Waals surface area contributed by atoms with Crippen LogP contribution >= 0.6 is 0 Å². The minimum absolute atomic E-state index is 0.120. The predicted octanol–water partition coefficient (Wildman–Crippen LogP) is 2.53. The van der Waals surface area contributed by atoms with Crippen molar-refractivity contribution in [2.45, 2.75) is 44.1 Å². The third-order valence-corrected chi connectivity index (χ3v) is 7.09. The average molecular weight is 413 g/mol. The van der Waals surface area contributed by atoms with E-state index in [9.17, 15) is 8.42 Å². The molecule has 1 aliphatic heterocycles. The Balaban J connectivity index is 1.53. The third-order valence-electron chi connectivity index (χ3n) is 6.46. The van der Waals surface area contributed by atoms with Gasteiger partial charge in [0.15, 0.2) is 10.7 Å². The van der Waals surface area contributed by atoms with Gasteiger partial charge in [-0.1, -0.05) is 0 Å². The number of likely N-dealkylation sites (tertiary alicyclic amines) is 1. The number of nitrogens with one attached hydrogen (secondary N) is 1. The Labute approximate surface area is 170 Å². The molecular weight excluding hydrogens is 388 g/mol. The molecule has 1 saturated carbocycles. The highest BCUT2D eigenvalue weighted by Crippen LogP contribution is 2.40. The average Bonchev–Trinajstić information content (AvgIpc) is 3.29. The van der Waals surface area contributed by atoms with Crippen molar-refractivity contribution in [2.75, 3.05) is 19.0 Å². The molecule has 0 atom stereocenters. The summed E-state index contributed by atoms with van der Waals surface area (Å²) >= 11 is 0. The number of hydrogen-bond donors (Lipinski definition) is 2. The van der Waals surface area contributed by atoms with Gasteiger partial charge in [-0.2, -0.15) is 5.26 Å². The van der Waals surface area contributed by atoms with Crippen molar-refractivity contribution in [3.05, 3.63) is 24.3 Å². The first-order valence-corrected chi connectivity index (χ1v) is 11.6. The maximum Gasteiger partial charge on any atom is 0.153 e. The molecule has 8 nitrogen and oxygen atoms in total. The Morgan fingerprint density at radius 2 is 2.03 bits per heavy atom. The van der Waals surface area contributed by atoms with Crippen LogP contribution in [-0.2, 0) is 10.7 Å². The van der Waals surface area contributed by atoms with Crippen LogP contribution in [0.2, 0.25) is 0 Å². The smallest absolute Gasteiger partial charge is 0.153 e. The Hall–Kier alpha value is -2.44. The summed E-state index contributed by atoms with van der Waals surface area (Å²) in [6.07, 6.45) is 8.59. The molecule has 4 heterocycles. The molecule has 0 amide bonds. The molecule has 1 saturated heterocycles. The van der Waals surface area contributed by atoms with E-state index >= 15 is 0 Å². The van der Waals surface area contributed by atoms with E-state index in [2.05, 4.69) is 26.7 Å². The maximum absolute atomic E-state index is 11.0. The molecule has 0 unspecified atom stereocenters. The first-order valence-electron chi connectivity index (χ1n) is 10.2. The van der Waals surface area contributed by atoms with E-state index in [0.29, 0.717) is 18.4 Å². The molecule has 152 valence electrons. The number of rotatable bonds is 5. The van der Waals surface area contributed by atoms with Crippen molar-refractivity contribution in [3.8, 4) is 6.07 Å². The van der Waals surface area contributed by atoms with E-state index in [1.54, 1.807) is 0 Å². The number of aromatic amines is 1. The van der Waals surface area contributed by atoms with Gasteiger partial charge in [0, 0.05) is 43.1 Å². The van der Waals surface area contributed by atoms with Crippen molar-refractivity contribution in [1.29, 1.82) is 5.26 Å². The number of aromatic nitrogens is 4. The monoisotopic (exact) mass is 412 g/mol. The van der Waals surface area contributed by atoms with Crippen LogP contribution in [0.3, 0.4) is 0 Å². The van der Waals surface area contributed by atoms with Crippen molar-refractivity contribution >= 4 is 32.8 Å². The molecule has 2 aliphatic rings. The van der Waals surface area contributed by atoms with Crippen LogP contribution in [0.15, 0.2) is 18.5 Å². The van der Waals surface area contributed by atoms with Gasteiger partial charge < -0.3 is 9.55 Å². The second kappa shape index (κ2) is 7.43. The minimum atomic E-state index is -2.39. The normalized spacial score (nSPS) is 23.6. The summed E-state index contributed by atoms with van der Waals surface area (Å²) in [6, 6.07) is 4.73. The lowest BCUT2D eigenvalue weighted by molar-refractivity contribution is 0.164. The molecule has 3 aromatic heterocycles. The molecule has 0 aromatic carbocycles. The zero-order valence-electron chi connectivity index (χ0n) is 16.1. The summed E-state index contributed by atoms with van der Waals surface area (Å²) in [6.45, 7) is 1.44. The second-order valence-electron chi connectivity index (χ2n) is 8.32. The van der Waals surface area contributed by atoms with Crippen molar-refractivity contribution < 1.29 is 8.42 Å². The van der Waals surface area contributed by atoms with Gasteiger partial charge in [0.25, 0.3) is 0 Å². The number of hydrogen-bond acceptors (Lipinski definition) is 6. The number of nitrogens with zero attached hydrogens (tertiary/aromatic N) is 5. The lowest BCUT2D eigenvalue weighted by Crippen LogP contribution is -2.46. The zero-order valence-corrected chi connectivity index (χ0v) is 17.0. The molecular formula is C20H24N6O2S. The Morgan fingerprint density at radius 3 is 2.76 bits per heavy atom. The van der Waals surface area contributed by atoms with Crippen LogP contribution in [-0.4, -0.2) is 51.8 Å². The molecule has 0 spiro atoms. The van der Waals surface area contributed by atoms with Crippen LogP contribution in [0.4, 0.5) is 0 Å². The lowest BCUT2D eigenvalue weighted by atomic mass is 9.84. The highest BCUT2D eigenvalue weighted by molar-refractivity contribution is 7.72. The Bertz CT molecular complexity index is 1150. The van der Waals surface area contributed by atoms with Gasteiger partial charge in [0.1, 0.15) is 17.0 Å². The minimum Gasteiger partial charge on any atom is -0.346 e. The van der Waals surface area contributed by atoms with Crippen LogP contribution in [0.5, 0.6) is 0 Å². The number of nitriles is 1. The van der Waals surface area contributed by atoms with Crippen LogP contribution in [0.1, 0.15) is 49.9 Å². The number of fused-ring (bicyclic) bond motifs is 3. The number of pyridine rings is 1.